The van der Waals surface area contributed by atoms with E-state index in [0.29, 0.717) is 25.8 Å². The first-order chi connectivity index (χ1) is 17.0. The molecule has 2 unspecified atom stereocenters. The van der Waals surface area contributed by atoms with Gasteiger partial charge >= 0.3 is 12.1 Å². The zero-order chi connectivity index (χ0) is 24.4. The highest BCUT2D eigenvalue weighted by atomic mass is 16.5. The Morgan fingerprint density at radius 1 is 0.886 bits per heavy atom. The third-order valence-corrected chi connectivity index (χ3v) is 7.80. The quantitative estimate of drug-likeness (QED) is 0.660. The fourth-order valence-electron chi connectivity index (χ4n) is 6.06. The summed E-state index contributed by atoms with van der Waals surface area (Å²) in [6.07, 6.45) is 4.73. The van der Waals surface area contributed by atoms with E-state index in [9.17, 15) is 19.5 Å². The number of aliphatic carboxylic acids is 1. The number of likely N-dealkylation sites (tertiary alicyclic amines) is 1. The van der Waals surface area contributed by atoms with E-state index >= 15 is 0 Å². The first kappa shape index (κ1) is 23.4. The predicted molar refractivity (Wildman–Crippen MR) is 131 cm³/mol. The van der Waals surface area contributed by atoms with E-state index in [1.54, 1.807) is 0 Å². The zero-order valence-electron chi connectivity index (χ0n) is 19.8. The van der Waals surface area contributed by atoms with Gasteiger partial charge in [0.2, 0.25) is 5.91 Å². The molecule has 35 heavy (non-hydrogen) atoms. The van der Waals surface area contributed by atoms with Crippen LogP contribution in [0.3, 0.4) is 0 Å². The van der Waals surface area contributed by atoms with Crippen LogP contribution in [-0.2, 0) is 14.3 Å². The second-order valence-electron chi connectivity index (χ2n) is 9.85. The highest BCUT2D eigenvalue weighted by Crippen LogP contribution is 2.44. The van der Waals surface area contributed by atoms with Crippen molar-refractivity contribution in [1.82, 2.24) is 10.2 Å². The molecule has 3 atom stereocenters. The average molecular weight is 477 g/mol. The average Bonchev–Trinajstić information content (AvgIpc) is 3.21. The number of carboxylic acid groups (broad SMARTS) is 1. The molecule has 0 aromatic heterocycles. The summed E-state index contributed by atoms with van der Waals surface area (Å²) < 4.78 is 5.71. The van der Waals surface area contributed by atoms with Gasteiger partial charge < -0.3 is 20.1 Å². The minimum atomic E-state index is -0.949. The van der Waals surface area contributed by atoms with Crippen LogP contribution in [0.5, 0.6) is 0 Å². The van der Waals surface area contributed by atoms with Crippen LogP contribution in [0.1, 0.15) is 62.0 Å². The van der Waals surface area contributed by atoms with Crippen LogP contribution in [0.25, 0.3) is 11.1 Å². The molecule has 7 nitrogen and oxygen atoms in total. The molecule has 1 saturated carbocycles. The largest absolute Gasteiger partial charge is 0.480 e. The maximum Gasteiger partial charge on any atom is 0.407 e. The summed E-state index contributed by atoms with van der Waals surface area (Å²) in [4.78, 5) is 39.5. The molecule has 2 fully saturated rings. The third-order valence-electron chi connectivity index (χ3n) is 7.80. The Labute approximate surface area is 205 Å². The summed E-state index contributed by atoms with van der Waals surface area (Å²) in [6, 6.07) is 15.3. The Hall–Kier alpha value is -3.35. The molecule has 1 saturated heterocycles. The minimum Gasteiger partial charge on any atom is -0.480 e. The molecule has 0 radical (unpaired) electrons. The maximum atomic E-state index is 13.4. The van der Waals surface area contributed by atoms with Gasteiger partial charge in [-0.1, -0.05) is 61.4 Å². The summed E-state index contributed by atoms with van der Waals surface area (Å²) in [7, 11) is 0. The molecule has 184 valence electrons. The number of nitrogens with zero attached hydrogens (tertiary/aromatic N) is 1. The Morgan fingerprint density at radius 3 is 2.20 bits per heavy atom. The number of carboxylic acids is 1. The molecule has 0 bridgehead atoms. The number of carbonyl (C=O) groups is 3. The molecular formula is C28H32N2O5. The molecule has 1 aliphatic heterocycles. The lowest BCUT2D eigenvalue weighted by Crippen LogP contribution is -2.55. The number of rotatable bonds is 5. The lowest BCUT2D eigenvalue weighted by atomic mass is 9.82. The van der Waals surface area contributed by atoms with E-state index in [1.807, 2.05) is 24.3 Å². The summed E-state index contributed by atoms with van der Waals surface area (Å²) in [5.41, 5.74) is 4.64. The van der Waals surface area contributed by atoms with E-state index < -0.39 is 24.0 Å². The number of hydrogen-bond donors (Lipinski definition) is 2. The summed E-state index contributed by atoms with van der Waals surface area (Å²) in [5, 5.41) is 12.5. The molecule has 1 heterocycles. The number of nitrogens with one attached hydrogen (secondary N) is 1. The molecule has 2 aromatic rings. The Kier molecular flexibility index (Phi) is 6.75. The zero-order valence-corrected chi connectivity index (χ0v) is 19.8. The van der Waals surface area contributed by atoms with Crippen LogP contribution in [0.15, 0.2) is 48.5 Å². The lowest BCUT2D eigenvalue weighted by molar-refractivity contribution is -0.154. The molecule has 5 rings (SSSR count). The van der Waals surface area contributed by atoms with Gasteiger partial charge in [-0.15, -0.1) is 0 Å². The van der Waals surface area contributed by atoms with Gasteiger partial charge in [-0.2, -0.15) is 0 Å². The molecule has 3 aliphatic rings. The van der Waals surface area contributed by atoms with Crippen LogP contribution in [0, 0.1) is 5.92 Å². The monoisotopic (exact) mass is 476 g/mol. The fraction of sp³-hybridized carbons (Fsp3) is 0.464. The number of hydrogen-bond acceptors (Lipinski definition) is 4. The highest BCUT2D eigenvalue weighted by Gasteiger charge is 2.40. The number of amides is 2. The van der Waals surface area contributed by atoms with Gasteiger partial charge in [0.25, 0.3) is 0 Å². The molecule has 7 heteroatoms. The molecule has 2 aromatic carbocycles. The van der Waals surface area contributed by atoms with Gasteiger partial charge in [0.1, 0.15) is 12.6 Å². The van der Waals surface area contributed by atoms with Crippen molar-refractivity contribution < 1.29 is 24.2 Å². The predicted octanol–water partition coefficient (Wildman–Crippen LogP) is 4.55. The van der Waals surface area contributed by atoms with E-state index in [2.05, 4.69) is 29.6 Å². The van der Waals surface area contributed by atoms with Crippen molar-refractivity contribution in [1.29, 1.82) is 0 Å². The van der Waals surface area contributed by atoms with Gasteiger partial charge in [-0.05, 0) is 54.4 Å². The smallest absolute Gasteiger partial charge is 0.407 e. The van der Waals surface area contributed by atoms with Crippen LogP contribution in [0.4, 0.5) is 4.79 Å². The summed E-state index contributed by atoms with van der Waals surface area (Å²) in [5.74, 6) is -1.54. The van der Waals surface area contributed by atoms with Gasteiger partial charge in [0.15, 0.2) is 0 Å². The third kappa shape index (κ3) is 4.64. The summed E-state index contributed by atoms with van der Waals surface area (Å²) in [6.45, 7) is 0.683. The van der Waals surface area contributed by atoms with Crippen molar-refractivity contribution in [2.75, 3.05) is 13.2 Å². The second kappa shape index (κ2) is 10.1. The van der Waals surface area contributed by atoms with E-state index in [0.717, 1.165) is 36.8 Å². The topological polar surface area (TPSA) is 95.9 Å². The van der Waals surface area contributed by atoms with Crippen LogP contribution >= 0.6 is 0 Å². The first-order valence-corrected chi connectivity index (χ1v) is 12.7. The Morgan fingerprint density at radius 2 is 1.51 bits per heavy atom. The molecular weight excluding hydrogens is 444 g/mol. The van der Waals surface area contributed by atoms with Crippen molar-refractivity contribution in [3.63, 3.8) is 0 Å². The van der Waals surface area contributed by atoms with Gasteiger partial charge in [0, 0.05) is 18.5 Å². The number of ether oxygens (including phenoxy) is 1. The summed E-state index contributed by atoms with van der Waals surface area (Å²) >= 11 is 0. The normalized spacial score (nSPS) is 23.8. The van der Waals surface area contributed by atoms with Crippen molar-refractivity contribution in [3.8, 4) is 11.1 Å². The lowest BCUT2D eigenvalue weighted by Gasteiger charge is -2.39. The Bertz CT molecular complexity index is 1070. The standard InChI is InChI=1S/C28H32N2O5/c31-26(30-16-8-7-15-25(30)27(32)33)22-13-5-6-14-24(22)29-28(34)35-17-23-20-11-3-1-9-18(20)19-10-2-4-12-21(19)23/h1-4,9-12,22-25H,5-8,13-17H2,(H,29,34)(H,32,33)/t22?,24?,25-/m1/s1. The number of piperidine rings is 1. The number of carbonyl (C=O) groups excluding carboxylic acids is 2. The van der Waals surface area contributed by atoms with Crippen molar-refractivity contribution >= 4 is 18.0 Å². The highest BCUT2D eigenvalue weighted by molar-refractivity contribution is 5.86. The van der Waals surface area contributed by atoms with Crippen molar-refractivity contribution in [3.05, 3.63) is 59.7 Å². The van der Waals surface area contributed by atoms with E-state index in [-0.39, 0.29) is 24.5 Å². The molecule has 2 N–H and O–H groups in total. The number of fused-ring (bicyclic) bond motifs is 3. The fourth-order valence-corrected chi connectivity index (χ4v) is 6.06. The van der Waals surface area contributed by atoms with Crippen LogP contribution in [-0.4, -0.2) is 53.2 Å². The van der Waals surface area contributed by atoms with Gasteiger partial charge in [0.05, 0.1) is 5.92 Å². The van der Waals surface area contributed by atoms with E-state index in [4.69, 9.17) is 4.74 Å². The van der Waals surface area contributed by atoms with Crippen molar-refractivity contribution in [2.45, 2.75) is 62.9 Å². The maximum absolute atomic E-state index is 13.4. The SMILES string of the molecule is O=C(NC1CCCCC1C(=O)N1CCCC[C@@H]1C(=O)O)OCC1c2ccccc2-c2ccccc21. The van der Waals surface area contributed by atoms with E-state index in [1.165, 1.54) is 16.0 Å². The van der Waals surface area contributed by atoms with Gasteiger partial charge in [-0.25, -0.2) is 9.59 Å². The van der Waals surface area contributed by atoms with Crippen molar-refractivity contribution in [2.24, 2.45) is 5.92 Å². The first-order valence-electron chi connectivity index (χ1n) is 12.7. The Balaban J connectivity index is 1.25. The second-order valence-corrected chi connectivity index (χ2v) is 9.85. The van der Waals surface area contributed by atoms with Gasteiger partial charge in [-0.3, -0.25) is 4.79 Å². The molecule has 2 aliphatic carbocycles. The minimum absolute atomic E-state index is 0.0263. The van der Waals surface area contributed by atoms with Crippen LogP contribution in [0.2, 0.25) is 0 Å². The number of alkyl carbamates (subject to hydrolysis) is 1. The van der Waals surface area contributed by atoms with Crippen LogP contribution < -0.4 is 5.32 Å². The molecule has 0 spiro atoms. The molecule has 2 amide bonds. The number of benzene rings is 2.